The highest BCUT2D eigenvalue weighted by Crippen LogP contribution is 2.33. The number of ether oxygens (including phenoxy) is 1. The van der Waals surface area contributed by atoms with Gasteiger partial charge in [-0.2, -0.15) is 0 Å². The first kappa shape index (κ1) is 19.3. The van der Waals surface area contributed by atoms with Crippen molar-refractivity contribution in [1.82, 2.24) is 19.8 Å². The maximum absolute atomic E-state index is 13.1. The molecule has 0 saturated carbocycles. The van der Waals surface area contributed by atoms with E-state index in [1.165, 1.54) is 11.3 Å². The quantitative estimate of drug-likeness (QED) is 0.771. The summed E-state index contributed by atoms with van der Waals surface area (Å²) in [6.45, 7) is 9.66. The Balaban J connectivity index is 1.46. The second kappa shape index (κ2) is 7.75. The number of carbonyl (C=O) groups is 2. The molecule has 28 heavy (non-hydrogen) atoms. The number of nitrogens with zero attached hydrogens (tertiary/aromatic N) is 4. The summed E-state index contributed by atoms with van der Waals surface area (Å²) in [6.07, 6.45) is 1.45. The van der Waals surface area contributed by atoms with Crippen molar-refractivity contribution in [3.8, 4) is 0 Å². The number of piperidine rings is 1. The highest BCUT2D eigenvalue weighted by atomic mass is 32.1. The average Bonchev–Trinajstić information content (AvgIpc) is 3.04. The molecule has 2 aromatic heterocycles. The molecule has 8 heteroatoms. The van der Waals surface area contributed by atoms with Crippen LogP contribution in [0.15, 0.2) is 0 Å². The second-order valence-corrected chi connectivity index (χ2v) is 8.60. The molecule has 0 radical (unpaired) electrons. The maximum atomic E-state index is 13.1. The number of morpholine rings is 1. The molecule has 2 fully saturated rings. The van der Waals surface area contributed by atoms with Crippen molar-refractivity contribution >= 4 is 33.4 Å². The standard InChI is InChI=1S/C20H26N4O3S/c1-12-16-13(2)21-14(3)22-18(16)28-17(12)20(26)23-6-4-15(5-7-23)19(25)24-8-10-27-11-9-24/h15H,4-11H2,1-3H3. The van der Waals surface area contributed by atoms with Crippen LogP contribution in [0.4, 0.5) is 0 Å². The van der Waals surface area contributed by atoms with Gasteiger partial charge in [-0.05, 0) is 39.2 Å². The molecular formula is C20H26N4O3S. The summed E-state index contributed by atoms with van der Waals surface area (Å²) >= 11 is 1.45. The van der Waals surface area contributed by atoms with Crippen LogP contribution < -0.4 is 0 Å². The molecule has 0 bridgehead atoms. The van der Waals surface area contributed by atoms with Crippen LogP contribution in [-0.4, -0.2) is 71.0 Å². The van der Waals surface area contributed by atoms with E-state index in [-0.39, 0.29) is 17.7 Å². The van der Waals surface area contributed by atoms with E-state index in [1.807, 2.05) is 30.6 Å². The topological polar surface area (TPSA) is 75.6 Å². The highest BCUT2D eigenvalue weighted by Gasteiger charge is 2.32. The zero-order chi connectivity index (χ0) is 19.8. The Hall–Kier alpha value is -2.06. The van der Waals surface area contributed by atoms with Crippen molar-refractivity contribution in [2.75, 3.05) is 39.4 Å². The number of hydrogen-bond donors (Lipinski definition) is 0. The van der Waals surface area contributed by atoms with E-state index in [0.717, 1.165) is 45.0 Å². The molecule has 2 aromatic rings. The second-order valence-electron chi connectivity index (χ2n) is 7.60. The molecule has 0 N–H and O–H groups in total. The molecule has 0 unspecified atom stereocenters. The van der Waals surface area contributed by atoms with E-state index in [4.69, 9.17) is 4.74 Å². The summed E-state index contributed by atoms with van der Waals surface area (Å²) in [5, 5.41) is 0.997. The van der Waals surface area contributed by atoms with Crippen LogP contribution in [0.3, 0.4) is 0 Å². The minimum absolute atomic E-state index is 0.0152. The Morgan fingerprint density at radius 1 is 1.00 bits per heavy atom. The van der Waals surface area contributed by atoms with Gasteiger partial charge in [0.1, 0.15) is 10.7 Å². The lowest BCUT2D eigenvalue weighted by molar-refractivity contribution is -0.141. The first-order chi connectivity index (χ1) is 13.5. The van der Waals surface area contributed by atoms with Gasteiger partial charge in [-0.3, -0.25) is 9.59 Å². The van der Waals surface area contributed by atoms with Crippen molar-refractivity contribution in [3.05, 3.63) is 22.0 Å². The number of likely N-dealkylation sites (tertiary alicyclic amines) is 1. The SMILES string of the molecule is Cc1nc(C)c2c(C)c(C(=O)N3CCC(C(=O)N4CCOCC4)CC3)sc2n1. The monoisotopic (exact) mass is 402 g/mol. The molecule has 0 aliphatic carbocycles. The van der Waals surface area contributed by atoms with Gasteiger partial charge in [0, 0.05) is 43.2 Å². The highest BCUT2D eigenvalue weighted by molar-refractivity contribution is 7.20. The van der Waals surface area contributed by atoms with Crippen LogP contribution in [0.25, 0.3) is 10.2 Å². The van der Waals surface area contributed by atoms with E-state index in [0.29, 0.717) is 39.4 Å². The lowest BCUT2D eigenvalue weighted by atomic mass is 9.95. The molecular weight excluding hydrogens is 376 g/mol. The molecule has 0 aromatic carbocycles. The summed E-state index contributed by atoms with van der Waals surface area (Å²) in [4.78, 5) is 40.2. The minimum atomic E-state index is 0.0152. The van der Waals surface area contributed by atoms with E-state index in [2.05, 4.69) is 9.97 Å². The van der Waals surface area contributed by atoms with Crippen molar-refractivity contribution in [3.63, 3.8) is 0 Å². The van der Waals surface area contributed by atoms with Crippen LogP contribution >= 0.6 is 11.3 Å². The Bertz CT molecular complexity index is 912. The van der Waals surface area contributed by atoms with E-state index in [9.17, 15) is 9.59 Å². The Kier molecular flexibility index (Phi) is 5.33. The molecule has 2 aliphatic rings. The van der Waals surface area contributed by atoms with E-state index in [1.54, 1.807) is 0 Å². The van der Waals surface area contributed by atoms with Gasteiger partial charge in [0.05, 0.1) is 18.1 Å². The molecule has 7 nitrogen and oxygen atoms in total. The van der Waals surface area contributed by atoms with Gasteiger partial charge < -0.3 is 14.5 Å². The van der Waals surface area contributed by atoms with Crippen molar-refractivity contribution in [2.45, 2.75) is 33.6 Å². The molecule has 150 valence electrons. The lowest BCUT2D eigenvalue weighted by Gasteiger charge is -2.35. The van der Waals surface area contributed by atoms with Crippen LogP contribution in [0.1, 0.15) is 39.6 Å². The number of amides is 2. The smallest absolute Gasteiger partial charge is 0.264 e. The normalized spacial score (nSPS) is 18.7. The molecule has 2 aliphatic heterocycles. The van der Waals surface area contributed by atoms with Crippen LogP contribution in [0.5, 0.6) is 0 Å². The summed E-state index contributed by atoms with van der Waals surface area (Å²) in [7, 11) is 0. The van der Waals surface area contributed by atoms with Crippen LogP contribution in [0.2, 0.25) is 0 Å². The number of carbonyl (C=O) groups excluding carboxylic acids is 2. The van der Waals surface area contributed by atoms with E-state index >= 15 is 0 Å². The fourth-order valence-electron chi connectivity index (χ4n) is 4.19. The lowest BCUT2D eigenvalue weighted by Crippen LogP contribution is -2.47. The average molecular weight is 403 g/mol. The molecule has 4 heterocycles. The number of hydrogen-bond acceptors (Lipinski definition) is 6. The van der Waals surface area contributed by atoms with Crippen LogP contribution in [-0.2, 0) is 9.53 Å². The zero-order valence-electron chi connectivity index (χ0n) is 16.7. The third kappa shape index (κ3) is 3.51. The van der Waals surface area contributed by atoms with Gasteiger partial charge >= 0.3 is 0 Å². The van der Waals surface area contributed by atoms with Crippen molar-refractivity contribution in [1.29, 1.82) is 0 Å². The predicted molar refractivity (Wildman–Crippen MR) is 108 cm³/mol. The van der Waals surface area contributed by atoms with Gasteiger partial charge in [-0.1, -0.05) is 0 Å². The van der Waals surface area contributed by atoms with Crippen molar-refractivity contribution in [2.24, 2.45) is 5.92 Å². The number of aryl methyl sites for hydroxylation is 3. The third-order valence-corrected chi connectivity index (χ3v) is 6.90. The molecule has 0 spiro atoms. The van der Waals surface area contributed by atoms with Gasteiger partial charge in [0.25, 0.3) is 5.91 Å². The molecule has 2 amide bonds. The Morgan fingerprint density at radius 3 is 2.36 bits per heavy atom. The van der Waals surface area contributed by atoms with Gasteiger partial charge in [-0.15, -0.1) is 11.3 Å². The Labute approximate surface area is 168 Å². The number of thiophene rings is 1. The summed E-state index contributed by atoms with van der Waals surface area (Å²) in [5.74, 6) is 1.01. The summed E-state index contributed by atoms with van der Waals surface area (Å²) in [5.41, 5.74) is 1.89. The third-order valence-electron chi connectivity index (χ3n) is 5.73. The zero-order valence-corrected chi connectivity index (χ0v) is 17.5. The van der Waals surface area contributed by atoms with Crippen LogP contribution in [0, 0.1) is 26.7 Å². The fraction of sp³-hybridized carbons (Fsp3) is 0.600. The largest absolute Gasteiger partial charge is 0.378 e. The van der Waals surface area contributed by atoms with Gasteiger partial charge in [0.2, 0.25) is 5.91 Å². The molecule has 0 atom stereocenters. The molecule has 4 rings (SSSR count). The minimum Gasteiger partial charge on any atom is -0.378 e. The number of rotatable bonds is 2. The number of aromatic nitrogens is 2. The fourth-order valence-corrected chi connectivity index (χ4v) is 5.44. The van der Waals surface area contributed by atoms with Gasteiger partial charge in [0.15, 0.2) is 0 Å². The van der Waals surface area contributed by atoms with Crippen molar-refractivity contribution < 1.29 is 14.3 Å². The summed E-state index contributed by atoms with van der Waals surface area (Å²) < 4.78 is 5.33. The van der Waals surface area contributed by atoms with Gasteiger partial charge in [-0.25, -0.2) is 9.97 Å². The first-order valence-corrected chi connectivity index (χ1v) is 10.7. The Morgan fingerprint density at radius 2 is 1.68 bits per heavy atom. The first-order valence-electron chi connectivity index (χ1n) is 9.86. The van der Waals surface area contributed by atoms with E-state index < -0.39 is 0 Å². The molecule has 2 saturated heterocycles. The summed E-state index contributed by atoms with van der Waals surface area (Å²) in [6, 6.07) is 0. The maximum Gasteiger partial charge on any atom is 0.264 e. The number of fused-ring (bicyclic) bond motifs is 1. The predicted octanol–water partition coefficient (Wildman–Crippen LogP) is 2.33.